The molecular weight excluding hydrogens is 130 g/mol. The summed E-state index contributed by atoms with van der Waals surface area (Å²) in [5, 5.41) is 3.02. The molecule has 0 bridgehead atoms. The Morgan fingerprint density at radius 1 is 1.56 bits per heavy atom. The number of hydrogen-bond donors (Lipinski definition) is 1. The fourth-order valence-electron chi connectivity index (χ4n) is 0.475. The van der Waals surface area contributed by atoms with Gasteiger partial charge in [0.15, 0.2) is 0 Å². The van der Waals surface area contributed by atoms with Crippen LogP contribution >= 0.6 is 0 Å². The molecule has 0 atom stereocenters. The van der Waals surface area contributed by atoms with Gasteiger partial charge in [0, 0.05) is 0 Å². The molecule has 0 heterocycles. The molecule has 0 aromatic carbocycles. The second-order valence-electron chi connectivity index (χ2n) is 2.41. The summed E-state index contributed by atoms with van der Waals surface area (Å²) < 4.78 is 0. The molecule has 0 aliphatic rings. The lowest BCUT2D eigenvalue weighted by molar-refractivity contribution is 0.0395. The summed E-state index contributed by atoms with van der Waals surface area (Å²) in [6, 6.07) is 1.33. The third-order valence-corrected chi connectivity index (χ3v) is 2.38. The molecule has 3 heteroatoms. The fraction of sp³-hybridized carbons (Fsp3) is 1.00. The summed E-state index contributed by atoms with van der Waals surface area (Å²) in [4.78, 5) is 5.16. The van der Waals surface area contributed by atoms with Gasteiger partial charge >= 0.3 is 0 Å². The van der Waals surface area contributed by atoms with Crippen molar-refractivity contribution in [3.8, 4) is 0 Å². The first-order chi connectivity index (χ1) is 4.27. The Kier molecular flexibility index (Phi) is 6.35. The average Bonchev–Trinajstić information content (AvgIpc) is 1.80. The van der Waals surface area contributed by atoms with Gasteiger partial charge in [-0.15, -0.1) is 0 Å². The quantitative estimate of drug-likeness (QED) is 0.353. The van der Waals surface area contributed by atoms with Crippen molar-refractivity contribution in [2.24, 2.45) is 0 Å². The van der Waals surface area contributed by atoms with E-state index in [1.54, 1.807) is 0 Å². The minimum atomic E-state index is -0.104. The van der Waals surface area contributed by atoms with Crippen molar-refractivity contribution in [1.82, 2.24) is 5.15 Å². The lowest BCUT2D eigenvalue weighted by Gasteiger charge is -2.06. The highest BCUT2D eigenvalue weighted by Gasteiger charge is 1.90. The van der Waals surface area contributed by atoms with Gasteiger partial charge in [-0.1, -0.05) is 13.3 Å². The molecule has 0 saturated carbocycles. The molecule has 2 nitrogen and oxygen atoms in total. The minimum absolute atomic E-state index is 0.104. The van der Waals surface area contributed by atoms with Crippen LogP contribution in [0.25, 0.3) is 0 Å². The SMILES string of the molecule is CCC[SiH2]NOC(C)C. The van der Waals surface area contributed by atoms with E-state index in [1.807, 2.05) is 13.8 Å². The molecule has 0 spiro atoms. The Labute approximate surface area is 59.8 Å². The molecule has 1 N–H and O–H groups in total. The molecular formula is C6H17NOSi. The number of nitrogens with one attached hydrogen (secondary N) is 1. The van der Waals surface area contributed by atoms with Gasteiger partial charge < -0.3 is 4.84 Å². The summed E-state index contributed by atoms with van der Waals surface area (Å²) in [5.74, 6) is 0. The van der Waals surface area contributed by atoms with Crippen LogP contribution in [0, 0.1) is 0 Å². The zero-order chi connectivity index (χ0) is 7.11. The zero-order valence-corrected chi connectivity index (χ0v) is 8.02. The summed E-state index contributed by atoms with van der Waals surface area (Å²) >= 11 is 0. The van der Waals surface area contributed by atoms with E-state index in [0.717, 1.165) is 0 Å². The maximum Gasteiger partial charge on any atom is 0.125 e. The van der Waals surface area contributed by atoms with E-state index in [4.69, 9.17) is 4.84 Å². The van der Waals surface area contributed by atoms with E-state index in [2.05, 4.69) is 12.1 Å². The Hall–Kier alpha value is 0.137. The van der Waals surface area contributed by atoms with Crippen molar-refractivity contribution in [1.29, 1.82) is 0 Å². The van der Waals surface area contributed by atoms with Crippen LogP contribution in [0.5, 0.6) is 0 Å². The predicted octanol–water partition coefficient (Wildman–Crippen LogP) is 0.828. The van der Waals surface area contributed by atoms with E-state index >= 15 is 0 Å². The number of hydrogen-bond acceptors (Lipinski definition) is 2. The largest absolute Gasteiger partial charge is 0.307 e. The first-order valence-corrected chi connectivity index (χ1v) is 5.36. The maximum absolute atomic E-state index is 5.16. The molecule has 0 aromatic heterocycles. The van der Waals surface area contributed by atoms with Crippen molar-refractivity contribution in [2.45, 2.75) is 39.3 Å². The molecule has 9 heavy (non-hydrogen) atoms. The Morgan fingerprint density at radius 3 is 2.67 bits per heavy atom. The van der Waals surface area contributed by atoms with Crippen LogP contribution in [-0.4, -0.2) is 15.8 Å². The molecule has 0 unspecified atom stereocenters. The van der Waals surface area contributed by atoms with E-state index in [-0.39, 0.29) is 9.68 Å². The molecule has 0 fully saturated rings. The average molecular weight is 147 g/mol. The van der Waals surface area contributed by atoms with Crippen LogP contribution < -0.4 is 5.15 Å². The van der Waals surface area contributed by atoms with Crippen LogP contribution in [0.1, 0.15) is 27.2 Å². The zero-order valence-electron chi connectivity index (χ0n) is 6.61. The smallest absolute Gasteiger partial charge is 0.125 e. The third kappa shape index (κ3) is 8.14. The van der Waals surface area contributed by atoms with Gasteiger partial charge in [0.05, 0.1) is 6.10 Å². The van der Waals surface area contributed by atoms with Gasteiger partial charge in [0.2, 0.25) is 0 Å². The monoisotopic (exact) mass is 147 g/mol. The molecule has 0 aromatic rings. The minimum Gasteiger partial charge on any atom is -0.307 e. The predicted molar refractivity (Wildman–Crippen MR) is 43.0 cm³/mol. The van der Waals surface area contributed by atoms with Gasteiger partial charge in [0.25, 0.3) is 0 Å². The second kappa shape index (κ2) is 6.26. The third-order valence-electron chi connectivity index (χ3n) is 0.951. The van der Waals surface area contributed by atoms with Crippen LogP contribution in [0.4, 0.5) is 0 Å². The molecule has 0 rings (SSSR count). The summed E-state index contributed by atoms with van der Waals surface area (Å²) in [6.45, 7) is 6.27. The molecule has 0 aliphatic carbocycles. The van der Waals surface area contributed by atoms with Gasteiger partial charge in [-0.05, 0) is 19.9 Å². The van der Waals surface area contributed by atoms with Crippen LogP contribution in [-0.2, 0) is 4.84 Å². The van der Waals surface area contributed by atoms with E-state index < -0.39 is 0 Å². The van der Waals surface area contributed by atoms with Gasteiger partial charge in [-0.25, -0.2) is 5.15 Å². The second-order valence-corrected chi connectivity index (χ2v) is 3.91. The Bertz CT molecular complexity index is 59.0. The lowest BCUT2D eigenvalue weighted by atomic mass is 10.5. The molecule has 0 aliphatic heterocycles. The molecule has 0 amide bonds. The van der Waals surface area contributed by atoms with Crippen LogP contribution in [0.3, 0.4) is 0 Å². The summed E-state index contributed by atoms with van der Waals surface area (Å²) in [6.07, 6.45) is 1.61. The van der Waals surface area contributed by atoms with Gasteiger partial charge in [-0.2, -0.15) is 0 Å². The fourth-order valence-corrected chi connectivity index (χ4v) is 1.42. The Balaban J connectivity index is 2.75. The molecule has 0 saturated heterocycles. The Morgan fingerprint density at radius 2 is 2.22 bits per heavy atom. The highest BCUT2D eigenvalue weighted by molar-refractivity contribution is 6.31. The van der Waals surface area contributed by atoms with Crippen molar-refractivity contribution >= 4 is 9.68 Å². The number of rotatable bonds is 5. The van der Waals surface area contributed by atoms with Crippen molar-refractivity contribution in [2.75, 3.05) is 0 Å². The van der Waals surface area contributed by atoms with Crippen molar-refractivity contribution in [3.63, 3.8) is 0 Å². The topological polar surface area (TPSA) is 21.3 Å². The summed E-state index contributed by atoms with van der Waals surface area (Å²) in [5.41, 5.74) is 0. The van der Waals surface area contributed by atoms with E-state index in [0.29, 0.717) is 6.10 Å². The van der Waals surface area contributed by atoms with Gasteiger partial charge in [-0.3, -0.25) is 0 Å². The first kappa shape index (κ1) is 9.14. The lowest BCUT2D eigenvalue weighted by Crippen LogP contribution is -2.23. The van der Waals surface area contributed by atoms with Crippen molar-refractivity contribution in [3.05, 3.63) is 0 Å². The maximum atomic E-state index is 5.16. The summed E-state index contributed by atoms with van der Waals surface area (Å²) in [7, 11) is -0.104. The van der Waals surface area contributed by atoms with Crippen LogP contribution in [0.15, 0.2) is 0 Å². The van der Waals surface area contributed by atoms with E-state index in [9.17, 15) is 0 Å². The molecule has 0 radical (unpaired) electrons. The van der Waals surface area contributed by atoms with E-state index in [1.165, 1.54) is 12.5 Å². The highest BCUT2D eigenvalue weighted by atomic mass is 28.2. The normalized spacial score (nSPS) is 12.0. The standard InChI is InChI=1S/C6H17NOSi/c1-4-5-9-7-8-6(2)3/h6-7H,4-5,9H2,1-3H3. The molecule has 56 valence electrons. The first-order valence-electron chi connectivity index (χ1n) is 3.66. The van der Waals surface area contributed by atoms with Crippen molar-refractivity contribution < 1.29 is 4.84 Å². The van der Waals surface area contributed by atoms with Crippen LogP contribution in [0.2, 0.25) is 6.04 Å². The van der Waals surface area contributed by atoms with Gasteiger partial charge in [0.1, 0.15) is 9.68 Å². The highest BCUT2D eigenvalue weighted by Crippen LogP contribution is 1.84.